The van der Waals surface area contributed by atoms with Crippen LogP contribution in [0.3, 0.4) is 0 Å². The normalized spacial score (nSPS) is 14.5. The number of hydrogen-bond acceptors (Lipinski definition) is 4. The van der Waals surface area contributed by atoms with E-state index < -0.39 is 0 Å². The SMILES string of the molecule is COc1ccc(CNC(=O)C2CCN(C(=O)CCn3cnc4ccccc43)CC2)cc1. The summed E-state index contributed by atoms with van der Waals surface area (Å²) in [4.78, 5) is 31.4. The minimum Gasteiger partial charge on any atom is -0.497 e. The minimum absolute atomic E-state index is 0.0418. The van der Waals surface area contributed by atoms with Crippen molar-refractivity contribution in [2.75, 3.05) is 20.2 Å². The Kier molecular flexibility index (Phi) is 6.50. The Hall–Kier alpha value is -3.35. The number of nitrogens with zero attached hydrogens (tertiary/aromatic N) is 3. The van der Waals surface area contributed by atoms with E-state index in [1.807, 2.05) is 58.0 Å². The van der Waals surface area contributed by atoms with E-state index in [2.05, 4.69) is 10.3 Å². The largest absolute Gasteiger partial charge is 0.497 e. The lowest BCUT2D eigenvalue weighted by molar-refractivity contribution is -0.135. The van der Waals surface area contributed by atoms with E-state index >= 15 is 0 Å². The maximum absolute atomic E-state index is 12.7. The fraction of sp³-hybridized carbons (Fsp3) is 0.375. The van der Waals surface area contributed by atoms with Gasteiger partial charge in [-0.3, -0.25) is 9.59 Å². The highest BCUT2D eigenvalue weighted by atomic mass is 16.5. The predicted octanol–water partition coefficient (Wildman–Crippen LogP) is 2.99. The molecule has 1 aliphatic heterocycles. The molecule has 0 spiro atoms. The molecule has 2 amide bonds. The van der Waals surface area contributed by atoms with E-state index in [1.165, 1.54) is 0 Å². The smallest absolute Gasteiger partial charge is 0.224 e. The van der Waals surface area contributed by atoms with Gasteiger partial charge in [0.05, 0.1) is 24.5 Å². The number of hydrogen-bond donors (Lipinski definition) is 1. The van der Waals surface area contributed by atoms with Gasteiger partial charge >= 0.3 is 0 Å². The molecule has 7 nitrogen and oxygen atoms in total. The van der Waals surface area contributed by atoms with Crippen molar-refractivity contribution in [1.82, 2.24) is 19.8 Å². The number of carbonyl (C=O) groups is 2. The number of rotatable bonds is 7. The van der Waals surface area contributed by atoms with Crippen molar-refractivity contribution >= 4 is 22.8 Å². The van der Waals surface area contributed by atoms with Gasteiger partial charge in [-0.1, -0.05) is 24.3 Å². The first kappa shape index (κ1) is 20.9. The third kappa shape index (κ3) is 5.05. The Bertz CT molecular complexity index is 1040. The molecule has 7 heteroatoms. The summed E-state index contributed by atoms with van der Waals surface area (Å²) in [6.45, 7) is 2.37. The van der Waals surface area contributed by atoms with Crippen molar-refractivity contribution < 1.29 is 14.3 Å². The topological polar surface area (TPSA) is 76.5 Å². The molecule has 0 saturated carbocycles. The number of amides is 2. The van der Waals surface area contributed by atoms with Crippen LogP contribution >= 0.6 is 0 Å². The quantitative estimate of drug-likeness (QED) is 0.638. The summed E-state index contributed by atoms with van der Waals surface area (Å²) in [5, 5.41) is 3.02. The van der Waals surface area contributed by atoms with Crippen LogP contribution in [0.4, 0.5) is 0 Å². The molecule has 1 N–H and O–H groups in total. The Labute approximate surface area is 182 Å². The number of aryl methyl sites for hydroxylation is 1. The minimum atomic E-state index is -0.0418. The first-order chi connectivity index (χ1) is 15.1. The highest BCUT2D eigenvalue weighted by Crippen LogP contribution is 2.19. The number of ether oxygens (including phenoxy) is 1. The molecule has 1 aromatic heterocycles. The lowest BCUT2D eigenvalue weighted by Crippen LogP contribution is -2.43. The fourth-order valence-corrected chi connectivity index (χ4v) is 4.03. The molecule has 1 aliphatic rings. The van der Waals surface area contributed by atoms with E-state index in [0.29, 0.717) is 45.4 Å². The standard InChI is InChI=1S/C24H28N4O3/c1-31-20-8-6-18(7-9-20)16-25-24(30)19-10-13-27(14-11-19)23(29)12-15-28-17-26-21-4-2-3-5-22(21)28/h2-9,17,19H,10-16H2,1H3,(H,25,30). The fourth-order valence-electron chi connectivity index (χ4n) is 4.03. The lowest BCUT2D eigenvalue weighted by Gasteiger charge is -2.31. The molecular weight excluding hydrogens is 392 g/mol. The average molecular weight is 421 g/mol. The molecule has 0 bridgehead atoms. The number of piperidine rings is 1. The van der Waals surface area contributed by atoms with E-state index in [9.17, 15) is 9.59 Å². The van der Waals surface area contributed by atoms with Crippen molar-refractivity contribution in [2.24, 2.45) is 5.92 Å². The van der Waals surface area contributed by atoms with Gasteiger partial charge in [0.15, 0.2) is 0 Å². The number of aromatic nitrogens is 2. The lowest BCUT2D eigenvalue weighted by atomic mass is 9.95. The molecule has 0 aliphatic carbocycles. The molecule has 2 aromatic carbocycles. The maximum atomic E-state index is 12.7. The zero-order valence-electron chi connectivity index (χ0n) is 17.8. The van der Waals surface area contributed by atoms with Gasteiger partial charge in [0.1, 0.15) is 5.75 Å². The van der Waals surface area contributed by atoms with Gasteiger partial charge in [-0.25, -0.2) is 4.98 Å². The summed E-state index contributed by atoms with van der Waals surface area (Å²) < 4.78 is 7.17. The van der Waals surface area contributed by atoms with Gasteiger partial charge in [0.2, 0.25) is 11.8 Å². The number of likely N-dealkylation sites (tertiary alicyclic amines) is 1. The highest BCUT2D eigenvalue weighted by molar-refractivity contribution is 5.80. The molecule has 0 atom stereocenters. The number of fused-ring (bicyclic) bond motifs is 1. The van der Waals surface area contributed by atoms with Crippen molar-refractivity contribution in [1.29, 1.82) is 0 Å². The number of benzene rings is 2. The van der Waals surface area contributed by atoms with Crippen molar-refractivity contribution in [3.8, 4) is 5.75 Å². The molecule has 31 heavy (non-hydrogen) atoms. The molecule has 3 aromatic rings. The number of imidazole rings is 1. The van der Waals surface area contributed by atoms with Gasteiger partial charge in [-0.05, 0) is 42.7 Å². The first-order valence-corrected chi connectivity index (χ1v) is 10.7. The summed E-state index contributed by atoms with van der Waals surface area (Å²) in [6, 6.07) is 15.6. The van der Waals surface area contributed by atoms with E-state index in [-0.39, 0.29) is 17.7 Å². The van der Waals surface area contributed by atoms with Crippen LogP contribution in [0.15, 0.2) is 54.9 Å². The Morgan fingerprint density at radius 1 is 1.10 bits per heavy atom. The summed E-state index contributed by atoms with van der Waals surface area (Å²) in [6.07, 6.45) is 3.63. The van der Waals surface area contributed by atoms with Crippen molar-refractivity contribution in [3.63, 3.8) is 0 Å². The molecule has 0 unspecified atom stereocenters. The maximum Gasteiger partial charge on any atom is 0.224 e. The van der Waals surface area contributed by atoms with Crippen LogP contribution in [0, 0.1) is 5.92 Å². The summed E-state index contributed by atoms with van der Waals surface area (Å²) in [7, 11) is 1.63. The zero-order valence-corrected chi connectivity index (χ0v) is 17.8. The van der Waals surface area contributed by atoms with E-state index in [4.69, 9.17) is 4.74 Å². The van der Waals surface area contributed by atoms with Gasteiger partial charge in [-0.2, -0.15) is 0 Å². The van der Waals surface area contributed by atoms with Crippen LogP contribution in [-0.2, 0) is 22.7 Å². The van der Waals surface area contributed by atoms with Gasteiger partial charge in [0.25, 0.3) is 0 Å². The molecular formula is C24H28N4O3. The van der Waals surface area contributed by atoms with Crippen molar-refractivity contribution in [2.45, 2.75) is 32.4 Å². The zero-order chi connectivity index (χ0) is 21.6. The molecule has 162 valence electrons. The Morgan fingerprint density at radius 2 is 1.84 bits per heavy atom. The predicted molar refractivity (Wildman–Crippen MR) is 118 cm³/mol. The number of methoxy groups -OCH3 is 1. The van der Waals surface area contributed by atoms with Gasteiger partial charge in [0, 0.05) is 38.5 Å². The molecule has 1 fully saturated rings. The van der Waals surface area contributed by atoms with Gasteiger partial charge < -0.3 is 19.5 Å². The summed E-state index contributed by atoms with van der Waals surface area (Å²) in [5.41, 5.74) is 3.02. The summed E-state index contributed by atoms with van der Waals surface area (Å²) >= 11 is 0. The monoisotopic (exact) mass is 420 g/mol. The Balaban J connectivity index is 1.21. The van der Waals surface area contributed by atoms with E-state index in [1.54, 1.807) is 13.4 Å². The van der Waals surface area contributed by atoms with Crippen molar-refractivity contribution in [3.05, 3.63) is 60.4 Å². The third-order valence-electron chi connectivity index (χ3n) is 5.94. The first-order valence-electron chi connectivity index (χ1n) is 10.7. The number of para-hydroxylation sites is 2. The molecule has 0 radical (unpaired) electrons. The van der Waals surface area contributed by atoms with Crippen LogP contribution in [0.5, 0.6) is 5.75 Å². The van der Waals surface area contributed by atoms with Crippen LogP contribution in [0.25, 0.3) is 11.0 Å². The second-order valence-electron chi connectivity index (χ2n) is 7.90. The Morgan fingerprint density at radius 3 is 2.58 bits per heavy atom. The summed E-state index contributed by atoms with van der Waals surface area (Å²) in [5.74, 6) is 0.955. The van der Waals surface area contributed by atoms with Crippen LogP contribution in [0.2, 0.25) is 0 Å². The second kappa shape index (κ2) is 9.64. The molecule has 1 saturated heterocycles. The second-order valence-corrected chi connectivity index (χ2v) is 7.90. The third-order valence-corrected chi connectivity index (χ3v) is 5.94. The molecule has 4 rings (SSSR count). The van der Waals surface area contributed by atoms with Crippen LogP contribution in [-0.4, -0.2) is 46.5 Å². The number of carbonyl (C=O) groups excluding carboxylic acids is 2. The average Bonchev–Trinajstić information content (AvgIpc) is 3.24. The molecule has 2 heterocycles. The van der Waals surface area contributed by atoms with Gasteiger partial charge in [-0.15, -0.1) is 0 Å². The van der Waals surface area contributed by atoms with Crippen LogP contribution < -0.4 is 10.1 Å². The van der Waals surface area contributed by atoms with E-state index in [0.717, 1.165) is 22.3 Å². The number of nitrogens with one attached hydrogen (secondary N) is 1. The van der Waals surface area contributed by atoms with Crippen LogP contribution in [0.1, 0.15) is 24.8 Å². The highest BCUT2D eigenvalue weighted by Gasteiger charge is 2.27.